The maximum Gasteiger partial charge on any atom is 0.308 e. The quantitative estimate of drug-likeness (QED) is 0.870. The number of carbonyl (C=O) groups excluding carboxylic acids is 1. The lowest BCUT2D eigenvalue weighted by atomic mass is 10.1. The van der Waals surface area contributed by atoms with E-state index in [-0.39, 0.29) is 5.91 Å². The molecule has 0 saturated carbocycles. The third-order valence-corrected chi connectivity index (χ3v) is 3.91. The van der Waals surface area contributed by atoms with Crippen LogP contribution in [0.15, 0.2) is 24.3 Å². The first-order chi connectivity index (χ1) is 10.1. The summed E-state index contributed by atoms with van der Waals surface area (Å²) in [5, 5.41) is 8.93. The van der Waals surface area contributed by atoms with E-state index >= 15 is 0 Å². The van der Waals surface area contributed by atoms with Gasteiger partial charge in [0.15, 0.2) is 0 Å². The summed E-state index contributed by atoms with van der Waals surface area (Å²) < 4.78 is 5.10. The van der Waals surface area contributed by atoms with E-state index in [1.54, 1.807) is 12.0 Å². The number of aryl methyl sites for hydroxylation is 1. The smallest absolute Gasteiger partial charge is 0.308 e. The molecule has 1 saturated heterocycles. The Balaban J connectivity index is 1.73. The Morgan fingerprint density at radius 3 is 2.62 bits per heavy atom. The summed E-state index contributed by atoms with van der Waals surface area (Å²) in [6, 6.07) is 7.82. The summed E-state index contributed by atoms with van der Waals surface area (Å²) in [7, 11) is 1.63. The van der Waals surface area contributed by atoms with Crippen molar-refractivity contribution in [1.82, 2.24) is 4.90 Å². The summed E-state index contributed by atoms with van der Waals surface area (Å²) in [5.74, 6) is -0.307. The number of rotatable bonds is 6. The highest BCUT2D eigenvalue weighted by Crippen LogP contribution is 2.18. The zero-order chi connectivity index (χ0) is 15.2. The van der Waals surface area contributed by atoms with Crippen molar-refractivity contribution in [3.8, 4) is 5.75 Å². The minimum Gasteiger partial charge on any atom is -0.497 e. The van der Waals surface area contributed by atoms with Crippen molar-refractivity contribution in [3.05, 3.63) is 29.8 Å². The number of aliphatic carboxylic acids is 1. The number of ether oxygens (including phenoxy) is 1. The van der Waals surface area contributed by atoms with Crippen molar-refractivity contribution in [2.45, 2.75) is 25.7 Å². The number of carboxylic acids is 1. The molecule has 0 bridgehead atoms. The Labute approximate surface area is 124 Å². The van der Waals surface area contributed by atoms with Gasteiger partial charge in [-0.2, -0.15) is 0 Å². The van der Waals surface area contributed by atoms with Gasteiger partial charge in [0.1, 0.15) is 5.75 Å². The van der Waals surface area contributed by atoms with Crippen LogP contribution in [0.2, 0.25) is 0 Å². The minimum atomic E-state index is -0.802. The summed E-state index contributed by atoms with van der Waals surface area (Å²) in [6.07, 6.45) is 2.66. The molecule has 1 aromatic carbocycles. The molecule has 0 radical (unpaired) electrons. The molecule has 0 spiro atoms. The average molecular weight is 291 g/mol. The van der Waals surface area contributed by atoms with Crippen LogP contribution in [-0.4, -0.2) is 42.1 Å². The second-order valence-corrected chi connectivity index (χ2v) is 5.37. The van der Waals surface area contributed by atoms with Gasteiger partial charge in [0.25, 0.3) is 0 Å². The van der Waals surface area contributed by atoms with E-state index in [2.05, 4.69) is 0 Å². The molecular weight excluding hydrogens is 270 g/mol. The molecule has 1 aliphatic rings. The maximum atomic E-state index is 12.0. The number of likely N-dealkylation sites (tertiary alicyclic amines) is 1. The van der Waals surface area contributed by atoms with Crippen molar-refractivity contribution in [2.24, 2.45) is 5.92 Å². The van der Waals surface area contributed by atoms with Crippen molar-refractivity contribution < 1.29 is 19.4 Å². The highest BCUT2D eigenvalue weighted by molar-refractivity contribution is 5.78. The van der Waals surface area contributed by atoms with E-state index in [1.165, 1.54) is 5.56 Å². The second-order valence-electron chi connectivity index (χ2n) is 5.37. The number of benzene rings is 1. The Kier molecular flexibility index (Phi) is 5.20. The first kappa shape index (κ1) is 15.4. The van der Waals surface area contributed by atoms with Crippen LogP contribution in [0.5, 0.6) is 5.75 Å². The SMILES string of the molecule is COc1ccc(CCCC(=O)N2CC[C@H](C(=O)O)C2)cc1. The van der Waals surface area contributed by atoms with Crippen LogP contribution in [0.25, 0.3) is 0 Å². The van der Waals surface area contributed by atoms with Crippen molar-refractivity contribution in [2.75, 3.05) is 20.2 Å². The van der Waals surface area contributed by atoms with Crippen molar-refractivity contribution in [1.29, 1.82) is 0 Å². The number of methoxy groups -OCH3 is 1. The van der Waals surface area contributed by atoms with E-state index in [0.717, 1.165) is 18.6 Å². The van der Waals surface area contributed by atoms with Crippen LogP contribution in [0, 0.1) is 5.92 Å². The number of carboxylic acid groups (broad SMARTS) is 1. The van der Waals surface area contributed by atoms with Gasteiger partial charge in [-0.05, 0) is 37.0 Å². The van der Waals surface area contributed by atoms with Gasteiger partial charge in [0, 0.05) is 19.5 Å². The fraction of sp³-hybridized carbons (Fsp3) is 0.500. The molecule has 2 rings (SSSR count). The second kappa shape index (κ2) is 7.11. The van der Waals surface area contributed by atoms with E-state index in [4.69, 9.17) is 9.84 Å². The van der Waals surface area contributed by atoms with E-state index in [0.29, 0.717) is 25.9 Å². The monoisotopic (exact) mass is 291 g/mol. The standard InChI is InChI=1S/C16H21NO4/c1-21-14-7-5-12(6-8-14)3-2-4-15(18)17-10-9-13(11-17)16(19)20/h5-8,13H,2-4,9-11H2,1H3,(H,19,20)/t13-/m0/s1. The van der Waals surface area contributed by atoms with Gasteiger partial charge < -0.3 is 14.7 Å². The lowest BCUT2D eigenvalue weighted by Crippen LogP contribution is -2.29. The summed E-state index contributed by atoms with van der Waals surface area (Å²) >= 11 is 0. The van der Waals surface area contributed by atoms with Crippen molar-refractivity contribution >= 4 is 11.9 Å². The lowest BCUT2D eigenvalue weighted by molar-refractivity contribution is -0.141. The highest BCUT2D eigenvalue weighted by atomic mass is 16.5. The Bertz CT molecular complexity index is 498. The van der Waals surface area contributed by atoms with Crippen molar-refractivity contribution in [3.63, 3.8) is 0 Å². The van der Waals surface area contributed by atoms with Gasteiger partial charge in [-0.1, -0.05) is 12.1 Å². The number of hydrogen-bond donors (Lipinski definition) is 1. The number of hydrogen-bond acceptors (Lipinski definition) is 3. The predicted molar refractivity (Wildman–Crippen MR) is 78.3 cm³/mol. The largest absolute Gasteiger partial charge is 0.497 e. The van der Waals surface area contributed by atoms with Gasteiger partial charge in [-0.25, -0.2) is 0 Å². The van der Waals surface area contributed by atoms with Crippen LogP contribution in [-0.2, 0) is 16.0 Å². The molecule has 0 aromatic heterocycles. The molecule has 0 unspecified atom stereocenters. The van der Waals surface area contributed by atoms with Gasteiger partial charge in [0.05, 0.1) is 13.0 Å². The molecule has 114 valence electrons. The van der Waals surface area contributed by atoms with Crippen LogP contribution in [0.3, 0.4) is 0 Å². The van der Waals surface area contributed by atoms with E-state index in [9.17, 15) is 9.59 Å². The zero-order valence-corrected chi connectivity index (χ0v) is 12.2. The van der Waals surface area contributed by atoms with Crippen LogP contribution < -0.4 is 4.74 Å². The number of nitrogens with zero attached hydrogens (tertiary/aromatic N) is 1. The van der Waals surface area contributed by atoms with E-state index in [1.807, 2.05) is 24.3 Å². The molecule has 1 atom stereocenters. The number of carbonyl (C=O) groups is 2. The molecular formula is C16H21NO4. The minimum absolute atomic E-state index is 0.0623. The van der Waals surface area contributed by atoms with Crippen LogP contribution in [0.1, 0.15) is 24.8 Å². The Hall–Kier alpha value is -2.04. The normalized spacial score (nSPS) is 17.8. The third kappa shape index (κ3) is 4.21. The molecule has 5 heteroatoms. The fourth-order valence-corrected chi connectivity index (χ4v) is 2.58. The van der Waals surface area contributed by atoms with Crippen LogP contribution in [0.4, 0.5) is 0 Å². The van der Waals surface area contributed by atoms with Gasteiger partial charge >= 0.3 is 5.97 Å². The molecule has 21 heavy (non-hydrogen) atoms. The molecule has 0 aliphatic carbocycles. The predicted octanol–water partition coefficient (Wildman–Crippen LogP) is 1.95. The van der Waals surface area contributed by atoms with Gasteiger partial charge in [-0.15, -0.1) is 0 Å². The van der Waals surface area contributed by atoms with Gasteiger partial charge in [0.2, 0.25) is 5.91 Å². The number of amides is 1. The summed E-state index contributed by atoms with van der Waals surface area (Å²) in [5.41, 5.74) is 1.17. The molecule has 1 amide bonds. The molecule has 1 fully saturated rings. The van der Waals surface area contributed by atoms with Crippen LogP contribution >= 0.6 is 0 Å². The molecule has 1 aromatic rings. The lowest BCUT2D eigenvalue weighted by Gasteiger charge is -2.15. The fourth-order valence-electron chi connectivity index (χ4n) is 2.58. The Morgan fingerprint density at radius 1 is 1.33 bits per heavy atom. The topological polar surface area (TPSA) is 66.8 Å². The molecule has 1 N–H and O–H groups in total. The third-order valence-electron chi connectivity index (χ3n) is 3.91. The molecule has 1 heterocycles. The summed E-state index contributed by atoms with van der Waals surface area (Å²) in [6.45, 7) is 0.926. The average Bonchev–Trinajstić information content (AvgIpc) is 2.98. The molecule has 5 nitrogen and oxygen atoms in total. The van der Waals surface area contributed by atoms with E-state index < -0.39 is 11.9 Å². The molecule has 1 aliphatic heterocycles. The van der Waals surface area contributed by atoms with Gasteiger partial charge in [-0.3, -0.25) is 9.59 Å². The first-order valence-corrected chi connectivity index (χ1v) is 7.23. The highest BCUT2D eigenvalue weighted by Gasteiger charge is 2.30. The summed E-state index contributed by atoms with van der Waals surface area (Å²) in [4.78, 5) is 24.6. The Morgan fingerprint density at radius 2 is 2.05 bits per heavy atom. The maximum absolute atomic E-state index is 12.0. The first-order valence-electron chi connectivity index (χ1n) is 7.23. The zero-order valence-electron chi connectivity index (χ0n) is 12.2.